The minimum absolute atomic E-state index is 0.0292. The third-order valence-electron chi connectivity index (χ3n) is 5.56. The molecule has 1 aromatic heterocycles. The van der Waals surface area contributed by atoms with E-state index in [9.17, 15) is 24.3 Å². The summed E-state index contributed by atoms with van der Waals surface area (Å²) in [5.41, 5.74) is 1.05. The fraction of sp³-hybridized carbons (Fsp3) is 0.130. The molecule has 1 atom stereocenters. The van der Waals surface area contributed by atoms with Crippen LogP contribution in [0.15, 0.2) is 54.2 Å². The molecule has 1 unspecified atom stereocenters. The molecule has 166 valence electrons. The second-order valence-electron chi connectivity index (χ2n) is 7.52. The number of amides is 4. The van der Waals surface area contributed by atoms with Gasteiger partial charge in [-0.05, 0) is 31.2 Å². The molecule has 0 saturated carbocycles. The number of carboxylic acid groups (broad SMARTS) is 1. The maximum absolute atomic E-state index is 13.2. The predicted octanol–water partition coefficient (Wildman–Crippen LogP) is 2.68. The zero-order chi connectivity index (χ0) is 23.3. The van der Waals surface area contributed by atoms with Gasteiger partial charge in [0.1, 0.15) is 11.6 Å². The minimum atomic E-state index is -1.03. The average Bonchev–Trinajstić information content (AvgIpc) is 3.40. The van der Waals surface area contributed by atoms with Gasteiger partial charge in [-0.3, -0.25) is 14.9 Å². The van der Waals surface area contributed by atoms with Crippen molar-refractivity contribution in [3.63, 3.8) is 0 Å². The van der Waals surface area contributed by atoms with Gasteiger partial charge in [0, 0.05) is 28.7 Å². The zero-order valence-corrected chi connectivity index (χ0v) is 17.3. The molecule has 2 N–H and O–H groups in total. The molecule has 5 rings (SSSR count). The van der Waals surface area contributed by atoms with Gasteiger partial charge in [0.05, 0.1) is 5.69 Å². The summed E-state index contributed by atoms with van der Waals surface area (Å²) in [5.74, 6) is -1.83. The first-order valence-corrected chi connectivity index (χ1v) is 9.98. The van der Waals surface area contributed by atoms with Gasteiger partial charge in [-0.25, -0.2) is 14.5 Å². The number of imide groups is 2. The molecule has 0 spiro atoms. The molecule has 2 aromatic carbocycles. The van der Waals surface area contributed by atoms with Gasteiger partial charge in [0.15, 0.2) is 11.5 Å². The normalized spacial score (nSPS) is 17.5. The number of barbiturate groups is 1. The average molecular weight is 447 g/mol. The van der Waals surface area contributed by atoms with Crippen LogP contribution in [0.25, 0.3) is 17.0 Å². The van der Waals surface area contributed by atoms with Crippen LogP contribution in [0.3, 0.4) is 0 Å². The Hall–Kier alpha value is -4.60. The lowest BCUT2D eigenvalue weighted by atomic mass is 10.1. The van der Waals surface area contributed by atoms with E-state index in [2.05, 4.69) is 5.32 Å². The molecule has 4 amide bonds. The number of nitrogens with one attached hydrogen (secondary N) is 1. The number of carbonyl (C=O) groups excluding carboxylic acids is 3. The Labute approximate surface area is 186 Å². The molecule has 10 heteroatoms. The van der Waals surface area contributed by atoms with Crippen molar-refractivity contribution in [3.05, 3.63) is 59.8 Å². The van der Waals surface area contributed by atoms with Gasteiger partial charge in [0.25, 0.3) is 11.8 Å². The van der Waals surface area contributed by atoms with Crippen molar-refractivity contribution in [3.8, 4) is 11.5 Å². The number of nitrogens with zero attached hydrogens (tertiary/aromatic N) is 2. The molecule has 10 nitrogen and oxygen atoms in total. The molecule has 33 heavy (non-hydrogen) atoms. The van der Waals surface area contributed by atoms with Gasteiger partial charge < -0.3 is 19.1 Å². The highest BCUT2D eigenvalue weighted by molar-refractivity contribution is 6.39. The molecule has 2 aliphatic heterocycles. The highest BCUT2D eigenvalue weighted by Gasteiger charge is 2.37. The molecule has 0 bridgehead atoms. The van der Waals surface area contributed by atoms with Gasteiger partial charge in [-0.1, -0.05) is 18.2 Å². The van der Waals surface area contributed by atoms with Crippen LogP contribution in [0.4, 0.5) is 10.5 Å². The summed E-state index contributed by atoms with van der Waals surface area (Å²) in [4.78, 5) is 50.7. The van der Waals surface area contributed by atoms with Crippen LogP contribution in [-0.4, -0.2) is 40.3 Å². The SMILES string of the molecule is CC(C(=O)O)n1cc(/C=C2\C(=O)NC(=O)N(c3ccc4c(c3)OCO4)C2=O)c2ccccc21. The van der Waals surface area contributed by atoms with Crippen LogP contribution < -0.4 is 19.7 Å². The van der Waals surface area contributed by atoms with Crippen molar-refractivity contribution in [2.24, 2.45) is 0 Å². The first-order valence-electron chi connectivity index (χ1n) is 9.98. The van der Waals surface area contributed by atoms with E-state index in [0.717, 1.165) is 4.90 Å². The number of hydrogen-bond donors (Lipinski definition) is 2. The quantitative estimate of drug-likeness (QED) is 0.465. The van der Waals surface area contributed by atoms with E-state index in [0.29, 0.717) is 28.0 Å². The van der Waals surface area contributed by atoms with Crippen molar-refractivity contribution in [1.29, 1.82) is 0 Å². The van der Waals surface area contributed by atoms with E-state index in [1.165, 1.54) is 25.1 Å². The van der Waals surface area contributed by atoms with E-state index in [4.69, 9.17) is 9.47 Å². The summed E-state index contributed by atoms with van der Waals surface area (Å²) in [6.07, 6.45) is 2.93. The number of carbonyl (C=O) groups is 4. The summed E-state index contributed by atoms with van der Waals surface area (Å²) in [6, 6.07) is 9.85. The second-order valence-corrected chi connectivity index (χ2v) is 7.52. The van der Waals surface area contributed by atoms with Gasteiger partial charge in [-0.15, -0.1) is 0 Å². The topological polar surface area (TPSA) is 127 Å². The number of fused-ring (bicyclic) bond motifs is 2. The van der Waals surface area contributed by atoms with Crippen LogP contribution >= 0.6 is 0 Å². The number of anilines is 1. The van der Waals surface area contributed by atoms with Crippen molar-refractivity contribution in [1.82, 2.24) is 9.88 Å². The Balaban J connectivity index is 1.59. The lowest BCUT2D eigenvalue weighted by Gasteiger charge is -2.26. The number of aliphatic carboxylic acids is 1. The molecular weight excluding hydrogens is 430 g/mol. The van der Waals surface area contributed by atoms with Crippen LogP contribution in [0.2, 0.25) is 0 Å². The standard InChI is InChI=1S/C23H17N3O7/c1-12(22(29)30)25-10-13(15-4-2-3-5-17(15)25)8-16-20(27)24-23(31)26(21(16)28)14-6-7-18-19(9-14)33-11-32-18/h2-10,12H,11H2,1H3,(H,29,30)(H,24,27,31)/b16-8+. The Kier molecular flexibility index (Phi) is 4.63. The molecule has 1 fully saturated rings. The van der Waals surface area contributed by atoms with Crippen LogP contribution in [0.5, 0.6) is 11.5 Å². The fourth-order valence-electron chi connectivity index (χ4n) is 3.86. The second kappa shape index (κ2) is 7.52. The Bertz CT molecular complexity index is 1390. The van der Waals surface area contributed by atoms with Crippen LogP contribution in [0.1, 0.15) is 18.5 Å². The lowest BCUT2D eigenvalue weighted by Crippen LogP contribution is -2.54. The van der Waals surface area contributed by atoms with Gasteiger partial charge in [-0.2, -0.15) is 0 Å². The third kappa shape index (κ3) is 3.28. The van der Waals surface area contributed by atoms with Crippen LogP contribution in [0, 0.1) is 0 Å². The number of ether oxygens (including phenoxy) is 2. The first kappa shape index (κ1) is 20.3. The number of benzene rings is 2. The number of aromatic nitrogens is 1. The summed E-state index contributed by atoms with van der Waals surface area (Å²) in [7, 11) is 0. The largest absolute Gasteiger partial charge is 0.480 e. The smallest absolute Gasteiger partial charge is 0.335 e. The lowest BCUT2D eigenvalue weighted by molar-refractivity contribution is -0.140. The third-order valence-corrected chi connectivity index (χ3v) is 5.56. The maximum Gasteiger partial charge on any atom is 0.335 e. The summed E-state index contributed by atoms with van der Waals surface area (Å²) in [5, 5.41) is 12.3. The number of para-hydroxylation sites is 1. The summed E-state index contributed by atoms with van der Waals surface area (Å²) in [6.45, 7) is 1.56. The van der Waals surface area contributed by atoms with Crippen molar-refractivity contribution in [2.75, 3.05) is 11.7 Å². The number of hydrogen-bond acceptors (Lipinski definition) is 6. The molecule has 0 radical (unpaired) electrons. The Morgan fingerprint density at radius 1 is 1.12 bits per heavy atom. The Morgan fingerprint density at radius 2 is 1.88 bits per heavy atom. The molecule has 0 aliphatic carbocycles. The number of urea groups is 1. The van der Waals surface area contributed by atoms with Gasteiger partial charge >= 0.3 is 12.0 Å². The molecule has 1 saturated heterocycles. The van der Waals surface area contributed by atoms with E-state index in [-0.39, 0.29) is 18.1 Å². The highest BCUT2D eigenvalue weighted by Crippen LogP contribution is 2.36. The van der Waals surface area contributed by atoms with Crippen molar-refractivity contribution in [2.45, 2.75) is 13.0 Å². The predicted molar refractivity (Wildman–Crippen MR) is 116 cm³/mol. The van der Waals surface area contributed by atoms with Crippen molar-refractivity contribution >= 4 is 46.5 Å². The monoisotopic (exact) mass is 447 g/mol. The highest BCUT2D eigenvalue weighted by atomic mass is 16.7. The molecular formula is C23H17N3O7. The maximum atomic E-state index is 13.2. The molecule has 2 aliphatic rings. The summed E-state index contributed by atoms with van der Waals surface area (Å²) < 4.78 is 12.1. The molecule has 3 heterocycles. The van der Waals surface area contributed by atoms with E-state index < -0.39 is 29.9 Å². The first-order chi connectivity index (χ1) is 15.8. The van der Waals surface area contributed by atoms with Gasteiger partial charge in [0.2, 0.25) is 6.79 Å². The minimum Gasteiger partial charge on any atom is -0.480 e. The number of carboxylic acids is 1. The van der Waals surface area contributed by atoms with E-state index in [1.807, 2.05) is 0 Å². The van der Waals surface area contributed by atoms with Crippen molar-refractivity contribution < 1.29 is 33.8 Å². The fourth-order valence-corrected chi connectivity index (χ4v) is 3.86. The van der Waals surface area contributed by atoms with E-state index in [1.54, 1.807) is 41.1 Å². The van der Waals surface area contributed by atoms with E-state index >= 15 is 0 Å². The zero-order valence-electron chi connectivity index (χ0n) is 17.3. The van der Waals surface area contributed by atoms with Crippen LogP contribution in [-0.2, 0) is 14.4 Å². The number of rotatable bonds is 4. The Morgan fingerprint density at radius 3 is 2.67 bits per heavy atom. The summed E-state index contributed by atoms with van der Waals surface area (Å²) >= 11 is 0. The molecule has 3 aromatic rings.